The Kier molecular flexibility index (Phi) is 6.41. The van der Waals surface area contributed by atoms with Gasteiger partial charge in [0, 0.05) is 24.5 Å². The minimum absolute atomic E-state index is 0.0298. The van der Waals surface area contributed by atoms with Gasteiger partial charge in [-0.15, -0.1) is 10.2 Å². The van der Waals surface area contributed by atoms with Crippen LogP contribution in [0.15, 0.2) is 22.5 Å². The highest BCUT2D eigenvalue weighted by Gasteiger charge is 2.09. The number of carbonyl (C=O) groups excluding carboxylic acids is 1. The maximum absolute atomic E-state index is 12.0. The minimum Gasteiger partial charge on any atom is -0.372 e. The molecule has 1 heterocycles. The first-order valence-electron chi connectivity index (χ1n) is 7.61. The fourth-order valence-corrected chi connectivity index (χ4v) is 3.93. The maximum Gasteiger partial charge on any atom is 0.234 e. The lowest BCUT2D eigenvalue weighted by Crippen LogP contribution is -2.22. The smallest absolute Gasteiger partial charge is 0.234 e. The Morgan fingerprint density at radius 3 is 2.57 bits per heavy atom. The van der Waals surface area contributed by atoms with Crippen LogP contribution in [0.3, 0.4) is 0 Å². The third kappa shape index (κ3) is 4.94. The molecule has 1 aromatic heterocycles. The van der Waals surface area contributed by atoms with Crippen molar-refractivity contribution in [3.63, 3.8) is 0 Å². The zero-order valence-corrected chi connectivity index (χ0v) is 15.6. The van der Waals surface area contributed by atoms with Crippen LogP contribution in [-0.4, -0.2) is 34.9 Å². The topological polar surface area (TPSA) is 58.1 Å². The van der Waals surface area contributed by atoms with Crippen LogP contribution < -0.4 is 10.2 Å². The summed E-state index contributed by atoms with van der Waals surface area (Å²) in [5.74, 6) is 0.309. The number of carbonyl (C=O) groups is 1. The van der Waals surface area contributed by atoms with E-state index in [1.54, 1.807) is 0 Å². The molecule has 0 spiro atoms. The Labute approximate surface area is 145 Å². The Morgan fingerprint density at radius 1 is 1.26 bits per heavy atom. The van der Waals surface area contributed by atoms with Gasteiger partial charge in [-0.25, -0.2) is 0 Å². The normalized spacial score (nSPS) is 10.6. The number of hydrogen-bond donors (Lipinski definition) is 1. The van der Waals surface area contributed by atoms with E-state index in [9.17, 15) is 4.79 Å². The molecular weight excluding hydrogens is 328 g/mol. The summed E-state index contributed by atoms with van der Waals surface area (Å²) < 4.78 is 0.825. The quantitative estimate of drug-likeness (QED) is 0.771. The number of aromatic nitrogens is 2. The Balaban J connectivity index is 1.94. The summed E-state index contributed by atoms with van der Waals surface area (Å²) in [5.41, 5.74) is 3.21. The fraction of sp³-hybridized carbons (Fsp3) is 0.438. The molecule has 0 aliphatic rings. The molecule has 0 atom stereocenters. The third-order valence-corrected chi connectivity index (χ3v) is 5.39. The van der Waals surface area contributed by atoms with E-state index >= 15 is 0 Å². The molecule has 0 saturated carbocycles. The van der Waals surface area contributed by atoms with Crippen molar-refractivity contribution in [3.8, 4) is 0 Å². The second-order valence-corrected chi connectivity index (χ2v) is 7.50. The van der Waals surface area contributed by atoms with Crippen LogP contribution in [0.2, 0.25) is 0 Å². The zero-order chi connectivity index (χ0) is 16.8. The van der Waals surface area contributed by atoms with Crippen molar-refractivity contribution in [2.24, 2.45) is 0 Å². The molecule has 0 saturated heterocycles. The van der Waals surface area contributed by atoms with Gasteiger partial charge >= 0.3 is 0 Å². The molecule has 0 aliphatic carbocycles. The van der Waals surface area contributed by atoms with Crippen molar-refractivity contribution in [2.45, 2.75) is 32.0 Å². The van der Waals surface area contributed by atoms with E-state index in [1.165, 1.54) is 34.3 Å². The molecular formula is C16H22N4OS2. The van der Waals surface area contributed by atoms with Crippen LogP contribution in [0.1, 0.15) is 24.4 Å². The number of anilines is 2. The Morgan fingerprint density at radius 2 is 2.00 bits per heavy atom. The molecule has 0 fully saturated rings. The molecule has 5 nitrogen and oxygen atoms in total. The lowest BCUT2D eigenvalue weighted by Gasteiger charge is -2.23. The van der Waals surface area contributed by atoms with Gasteiger partial charge in [-0.3, -0.25) is 4.79 Å². The van der Waals surface area contributed by atoms with Crippen molar-refractivity contribution >= 4 is 40.4 Å². The van der Waals surface area contributed by atoms with Gasteiger partial charge in [-0.1, -0.05) is 23.1 Å². The summed E-state index contributed by atoms with van der Waals surface area (Å²) in [7, 11) is 0. The third-order valence-electron chi connectivity index (χ3n) is 3.42. The number of nitrogens with zero attached hydrogens (tertiary/aromatic N) is 3. The minimum atomic E-state index is -0.0298. The van der Waals surface area contributed by atoms with Gasteiger partial charge < -0.3 is 10.2 Å². The second-order valence-electron chi connectivity index (χ2n) is 5.10. The first-order valence-corrected chi connectivity index (χ1v) is 9.42. The molecule has 2 rings (SSSR count). The van der Waals surface area contributed by atoms with Gasteiger partial charge in [0.15, 0.2) is 4.34 Å². The molecule has 1 aromatic carbocycles. The summed E-state index contributed by atoms with van der Waals surface area (Å²) >= 11 is 2.92. The average Bonchev–Trinajstić information content (AvgIpc) is 2.94. The van der Waals surface area contributed by atoms with Crippen LogP contribution in [0.25, 0.3) is 0 Å². The van der Waals surface area contributed by atoms with Gasteiger partial charge in [0.1, 0.15) is 5.01 Å². The highest BCUT2D eigenvalue weighted by atomic mass is 32.2. The molecule has 1 amide bonds. The van der Waals surface area contributed by atoms with Crippen molar-refractivity contribution in [3.05, 3.63) is 28.8 Å². The van der Waals surface area contributed by atoms with Crippen LogP contribution in [0.4, 0.5) is 11.4 Å². The predicted octanol–water partition coefficient (Wildman–Crippen LogP) is 3.73. The molecule has 1 N–H and O–H groups in total. The summed E-state index contributed by atoms with van der Waals surface area (Å²) in [6.45, 7) is 10.2. The second kappa shape index (κ2) is 8.31. The summed E-state index contributed by atoms with van der Waals surface area (Å²) in [6.07, 6.45) is 0. The van der Waals surface area contributed by atoms with Crippen molar-refractivity contribution in [1.82, 2.24) is 10.2 Å². The van der Waals surface area contributed by atoms with Crippen molar-refractivity contribution in [1.29, 1.82) is 0 Å². The molecule has 124 valence electrons. The van der Waals surface area contributed by atoms with Crippen LogP contribution >= 0.6 is 23.1 Å². The van der Waals surface area contributed by atoms with Gasteiger partial charge in [-0.05, 0) is 51.5 Å². The number of hydrogen-bond acceptors (Lipinski definition) is 6. The lowest BCUT2D eigenvalue weighted by atomic mass is 10.1. The number of benzene rings is 1. The van der Waals surface area contributed by atoms with Crippen LogP contribution in [0, 0.1) is 13.8 Å². The lowest BCUT2D eigenvalue weighted by molar-refractivity contribution is -0.113. The van der Waals surface area contributed by atoms with Gasteiger partial charge in [0.05, 0.1) is 5.75 Å². The van der Waals surface area contributed by atoms with E-state index in [0.29, 0.717) is 5.75 Å². The molecule has 2 aromatic rings. The largest absolute Gasteiger partial charge is 0.372 e. The van der Waals surface area contributed by atoms with E-state index in [1.807, 2.05) is 19.1 Å². The molecule has 23 heavy (non-hydrogen) atoms. The van der Waals surface area contributed by atoms with Gasteiger partial charge in [0.25, 0.3) is 0 Å². The number of nitrogens with one attached hydrogen (secondary N) is 1. The number of aryl methyl sites for hydroxylation is 2. The fourth-order valence-electron chi connectivity index (χ4n) is 2.31. The molecule has 0 unspecified atom stereocenters. The number of thioether (sulfide) groups is 1. The van der Waals surface area contributed by atoms with Gasteiger partial charge in [0.2, 0.25) is 5.91 Å². The first-order chi connectivity index (χ1) is 11.0. The van der Waals surface area contributed by atoms with E-state index < -0.39 is 0 Å². The predicted molar refractivity (Wildman–Crippen MR) is 98.7 cm³/mol. The first kappa shape index (κ1) is 17.7. The van der Waals surface area contributed by atoms with E-state index in [0.717, 1.165) is 28.1 Å². The van der Waals surface area contributed by atoms with Gasteiger partial charge in [-0.2, -0.15) is 0 Å². The molecule has 7 heteroatoms. The zero-order valence-electron chi connectivity index (χ0n) is 13.9. The van der Waals surface area contributed by atoms with Crippen molar-refractivity contribution in [2.75, 3.05) is 29.1 Å². The molecule has 0 aliphatic heterocycles. The monoisotopic (exact) mass is 350 g/mol. The Bertz CT molecular complexity index is 668. The molecule has 0 radical (unpaired) electrons. The van der Waals surface area contributed by atoms with E-state index in [2.05, 4.69) is 47.3 Å². The highest BCUT2D eigenvalue weighted by molar-refractivity contribution is 8.01. The average molecular weight is 351 g/mol. The highest BCUT2D eigenvalue weighted by Crippen LogP contribution is 2.25. The SMILES string of the molecule is CCN(CC)c1ccc(NC(=O)CSc2nnc(C)s2)cc1C. The van der Waals surface area contributed by atoms with E-state index in [-0.39, 0.29) is 5.91 Å². The standard InChI is InChI=1S/C16H22N4OS2/c1-5-20(6-2)14-8-7-13(9-11(14)3)17-15(21)10-22-16-19-18-12(4)23-16/h7-9H,5-6,10H2,1-4H3,(H,17,21). The number of rotatable bonds is 7. The molecule has 0 bridgehead atoms. The summed E-state index contributed by atoms with van der Waals surface area (Å²) in [5, 5.41) is 11.8. The van der Waals surface area contributed by atoms with Crippen LogP contribution in [-0.2, 0) is 4.79 Å². The van der Waals surface area contributed by atoms with Crippen LogP contribution in [0.5, 0.6) is 0 Å². The van der Waals surface area contributed by atoms with E-state index in [4.69, 9.17) is 0 Å². The van der Waals surface area contributed by atoms with Crippen molar-refractivity contribution < 1.29 is 4.79 Å². The number of amides is 1. The summed E-state index contributed by atoms with van der Waals surface area (Å²) in [4.78, 5) is 14.3. The summed E-state index contributed by atoms with van der Waals surface area (Å²) in [6, 6.07) is 6.04. The Hall–Kier alpha value is -1.60. The maximum atomic E-state index is 12.0.